The topological polar surface area (TPSA) is 54.5 Å². The molecule has 1 aliphatic rings. The first kappa shape index (κ1) is 13.2. The van der Waals surface area contributed by atoms with E-state index >= 15 is 0 Å². The Hall–Kier alpha value is -1.20. The van der Waals surface area contributed by atoms with Gasteiger partial charge in [-0.15, -0.1) is 0 Å². The first-order valence-electron chi connectivity index (χ1n) is 6.06. The molecule has 1 unspecified atom stereocenters. The number of hydrogen-bond donors (Lipinski definition) is 0. The standard InChI is InChI=1S/C13H17NO3S/c1-11-4-2-6-13(8-11)18(16,17)14-7-3-5-12(9-14)10-15/h2,4,6,8,10,12H,3,5,7,9H2,1H3. The molecule has 0 amide bonds. The molecule has 0 N–H and O–H groups in total. The summed E-state index contributed by atoms with van der Waals surface area (Å²) in [5.41, 5.74) is 0.917. The van der Waals surface area contributed by atoms with Crippen LogP contribution >= 0.6 is 0 Å². The van der Waals surface area contributed by atoms with Crippen LogP contribution in [-0.2, 0) is 14.8 Å². The number of carbonyl (C=O) groups is 1. The normalized spacial score (nSPS) is 21.7. The molecule has 1 heterocycles. The van der Waals surface area contributed by atoms with Gasteiger partial charge in [0.1, 0.15) is 6.29 Å². The molecular formula is C13H17NO3S. The van der Waals surface area contributed by atoms with Gasteiger partial charge in [0.25, 0.3) is 0 Å². The number of benzene rings is 1. The van der Waals surface area contributed by atoms with Crippen LogP contribution < -0.4 is 0 Å². The predicted octanol–water partition coefficient (Wildman–Crippen LogP) is 1.59. The molecule has 0 bridgehead atoms. The lowest BCUT2D eigenvalue weighted by molar-refractivity contribution is -0.112. The van der Waals surface area contributed by atoms with E-state index in [9.17, 15) is 13.2 Å². The van der Waals surface area contributed by atoms with Crippen LogP contribution in [0, 0.1) is 12.8 Å². The van der Waals surface area contributed by atoms with Crippen LogP contribution in [0.2, 0.25) is 0 Å². The monoisotopic (exact) mass is 267 g/mol. The summed E-state index contributed by atoms with van der Waals surface area (Å²) in [6.07, 6.45) is 2.38. The lowest BCUT2D eigenvalue weighted by Gasteiger charge is -2.29. The van der Waals surface area contributed by atoms with E-state index in [4.69, 9.17) is 0 Å². The Balaban J connectivity index is 2.28. The van der Waals surface area contributed by atoms with Crippen molar-refractivity contribution in [3.8, 4) is 0 Å². The SMILES string of the molecule is Cc1cccc(S(=O)(=O)N2CCCC(C=O)C2)c1. The first-order valence-corrected chi connectivity index (χ1v) is 7.50. The molecule has 4 nitrogen and oxygen atoms in total. The maximum Gasteiger partial charge on any atom is 0.243 e. The smallest absolute Gasteiger partial charge is 0.243 e. The molecule has 0 saturated carbocycles. The van der Waals surface area contributed by atoms with Crippen molar-refractivity contribution in [2.75, 3.05) is 13.1 Å². The lowest BCUT2D eigenvalue weighted by atomic mass is 10.0. The third-order valence-corrected chi connectivity index (χ3v) is 5.10. The summed E-state index contributed by atoms with van der Waals surface area (Å²) < 4.78 is 26.2. The van der Waals surface area contributed by atoms with Crippen LogP contribution in [0.1, 0.15) is 18.4 Å². The highest BCUT2D eigenvalue weighted by molar-refractivity contribution is 7.89. The van der Waals surface area contributed by atoms with Gasteiger partial charge in [-0.25, -0.2) is 8.42 Å². The Morgan fingerprint density at radius 3 is 2.83 bits per heavy atom. The van der Waals surface area contributed by atoms with Crippen LogP contribution in [0.4, 0.5) is 0 Å². The highest BCUT2D eigenvalue weighted by atomic mass is 32.2. The fraction of sp³-hybridized carbons (Fsp3) is 0.462. The van der Waals surface area contributed by atoms with Crippen LogP contribution in [0.25, 0.3) is 0 Å². The van der Waals surface area contributed by atoms with Crippen LogP contribution in [0.15, 0.2) is 29.2 Å². The molecule has 5 heteroatoms. The second-order valence-corrected chi connectivity index (χ2v) is 6.66. The van der Waals surface area contributed by atoms with E-state index in [1.807, 2.05) is 13.0 Å². The van der Waals surface area contributed by atoms with Crippen LogP contribution in [0.5, 0.6) is 0 Å². The van der Waals surface area contributed by atoms with Gasteiger partial charge in [-0.1, -0.05) is 12.1 Å². The molecule has 1 saturated heterocycles. The summed E-state index contributed by atoms with van der Waals surface area (Å²) in [5, 5.41) is 0. The summed E-state index contributed by atoms with van der Waals surface area (Å²) in [4.78, 5) is 11.1. The van der Waals surface area contributed by atoms with Gasteiger partial charge in [0, 0.05) is 19.0 Å². The van der Waals surface area contributed by atoms with E-state index in [1.54, 1.807) is 18.2 Å². The van der Waals surface area contributed by atoms with Crippen LogP contribution in [0.3, 0.4) is 0 Å². The minimum absolute atomic E-state index is 0.168. The molecule has 18 heavy (non-hydrogen) atoms. The van der Waals surface area contributed by atoms with Gasteiger partial charge in [0.2, 0.25) is 10.0 Å². The zero-order chi connectivity index (χ0) is 13.2. The van der Waals surface area contributed by atoms with Gasteiger partial charge < -0.3 is 4.79 Å². The Morgan fingerprint density at radius 2 is 2.17 bits per heavy atom. The number of nitrogens with zero attached hydrogens (tertiary/aromatic N) is 1. The van der Waals surface area contributed by atoms with E-state index in [0.29, 0.717) is 18.0 Å². The third kappa shape index (κ3) is 2.62. The average molecular weight is 267 g/mol. The second kappa shape index (κ2) is 5.20. The van der Waals surface area contributed by atoms with E-state index < -0.39 is 10.0 Å². The molecule has 1 atom stereocenters. The molecule has 0 aromatic heterocycles. The Labute approximate surface area is 108 Å². The number of hydrogen-bond acceptors (Lipinski definition) is 3. The second-order valence-electron chi connectivity index (χ2n) is 4.72. The van der Waals surface area contributed by atoms with Crippen molar-refractivity contribution in [1.29, 1.82) is 0 Å². The summed E-state index contributed by atoms with van der Waals surface area (Å²) in [6.45, 7) is 2.67. The summed E-state index contributed by atoms with van der Waals surface area (Å²) in [6, 6.07) is 6.87. The molecule has 2 rings (SSSR count). The zero-order valence-electron chi connectivity index (χ0n) is 10.4. The Morgan fingerprint density at radius 1 is 1.39 bits per heavy atom. The van der Waals surface area contributed by atoms with Gasteiger partial charge in [-0.3, -0.25) is 0 Å². The number of rotatable bonds is 3. The molecule has 1 aromatic rings. The number of sulfonamides is 1. The summed E-state index contributed by atoms with van der Waals surface area (Å²) in [7, 11) is -3.45. The van der Waals surface area contributed by atoms with Crippen molar-refractivity contribution in [1.82, 2.24) is 4.31 Å². The zero-order valence-corrected chi connectivity index (χ0v) is 11.2. The van der Waals surface area contributed by atoms with Gasteiger partial charge in [-0.2, -0.15) is 4.31 Å². The van der Waals surface area contributed by atoms with Gasteiger partial charge >= 0.3 is 0 Å². The number of aryl methyl sites for hydroxylation is 1. The average Bonchev–Trinajstić information content (AvgIpc) is 2.39. The molecule has 1 aromatic carbocycles. The summed E-state index contributed by atoms with van der Waals surface area (Å²) >= 11 is 0. The van der Waals surface area contributed by atoms with E-state index in [-0.39, 0.29) is 5.92 Å². The van der Waals surface area contributed by atoms with Crippen molar-refractivity contribution in [3.63, 3.8) is 0 Å². The van der Waals surface area contributed by atoms with Crippen molar-refractivity contribution >= 4 is 16.3 Å². The van der Waals surface area contributed by atoms with Gasteiger partial charge in [0.05, 0.1) is 4.90 Å². The molecule has 1 fully saturated rings. The van der Waals surface area contributed by atoms with E-state index in [0.717, 1.165) is 24.7 Å². The molecular weight excluding hydrogens is 250 g/mol. The first-order chi connectivity index (χ1) is 8.54. The fourth-order valence-corrected chi connectivity index (χ4v) is 3.87. The molecule has 0 radical (unpaired) electrons. The molecule has 1 aliphatic heterocycles. The largest absolute Gasteiger partial charge is 0.303 e. The van der Waals surface area contributed by atoms with Crippen molar-refractivity contribution in [3.05, 3.63) is 29.8 Å². The number of aldehydes is 1. The number of piperidine rings is 1. The van der Waals surface area contributed by atoms with Crippen molar-refractivity contribution < 1.29 is 13.2 Å². The van der Waals surface area contributed by atoms with Gasteiger partial charge in [0.15, 0.2) is 0 Å². The molecule has 0 spiro atoms. The maximum absolute atomic E-state index is 12.4. The highest BCUT2D eigenvalue weighted by Gasteiger charge is 2.29. The minimum Gasteiger partial charge on any atom is -0.303 e. The quantitative estimate of drug-likeness (QED) is 0.782. The molecule has 98 valence electrons. The van der Waals surface area contributed by atoms with Crippen molar-refractivity contribution in [2.45, 2.75) is 24.7 Å². The number of carbonyl (C=O) groups excluding carboxylic acids is 1. The van der Waals surface area contributed by atoms with Crippen LogP contribution in [-0.4, -0.2) is 32.1 Å². The van der Waals surface area contributed by atoms with E-state index in [1.165, 1.54) is 4.31 Å². The van der Waals surface area contributed by atoms with Gasteiger partial charge in [-0.05, 0) is 37.5 Å². The minimum atomic E-state index is -3.45. The van der Waals surface area contributed by atoms with Crippen molar-refractivity contribution in [2.24, 2.45) is 5.92 Å². The highest BCUT2D eigenvalue weighted by Crippen LogP contribution is 2.23. The Bertz CT molecular complexity index is 539. The third-order valence-electron chi connectivity index (χ3n) is 3.24. The Kier molecular flexibility index (Phi) is 3.82. The molecule has 0 aliphatic carbocycles. The lowest BCUT2D eigenvalue weighted by Crippen LogP contribution is -2.40. The van der Waals surface area contributed by atoms with E-state index in [2.05, 4.69) is 0 Å². The fourth-order valence-electron chi connectivity index (χ4n) is 2.23. The maximum atomic E-state index is 12.4. The predicted molar refractivity (Wildman–Crippen MR) is 68.7 cm³/mol. The summed E-state index contributed by atoms with van der Waals surface area (Å²) in [5.74, 6) is -0.168.